The maximum atomic E-state index is 5.56. The zero-order chi connectivity index (χ0) is 11.9. The van der Waals surface area contributed by atoms with E-state index < -0.39 is 0 Å². The van der Waals surface area contributed by atoms with Gasteiger partial charge < -0.3 is 4.74 Å². The molecule has 0 bridgehead atoms. The van der Waals surface area contributed by atoms with Crippen LogP contribution in [0.1, 0.15) is 19.3 Å². The molecule has 0 amide bonds. The molecule has 17 heavy (non-hydrogen) atoms. The van der Waals surface area contributed by atoms with Crippen molar-refractivity contribution in [1.29, 1.82) is 0 Å². The number of nitrogens with two attached hydrogens (primary N) is 1. The van der Waals surface area contributed by atoms with Crippen molar-refractivity contribution < 1.29 is 4.74 Å². The largest absolute Gasteiger partial charge is 0.476 e. The standard InChI is InChI=1S/C11H19N5O/c12-15-11-13-5-4-10(14-11)17-9-8-16-6-2-1-3-7-16/h4-5H,1-3,6-9,12H2,(H,13,14,15). The molecule has 1 aromatic heterocycles. The molecule has 1 aromatic rings. The Morgan fingerprint density at radius 2 is 2.18 bits per heavy atom. The number of nitrogen functional groups attached to an aromatic ring is 1. The Labute approximate surface area is 101 Å². The van der Waals surface area contributed by atoms with Crippen molar-refractivity contribution in [2.75, 3.05) is 31.7 Å². The number of nitrogens with zero attached hydrogens (tertiary/aromatic N) is 3. The molecule has 0 radical (unpaired) electrons. The van der Waals surface area contributed by atoms with Crippen LogP contribution in [0.4, 0.5) is 5.95 Å². The first kappa shape index (κ1) is 12.1. The Morgan fingerprint density at radius 1 is 1.35 bits per heavy atom. The maximum Gasteiger partial charge on any atom is 0.240 e. The highest BCUT2D eigenvalue weighted by atomic mass is 16.5. The van der Waals surface area contributed by atoms with Gasteiger partial charge in [-0.1, -0.05) is 6.42 Å². The summed E-state index contributed by atoms with van der Waals surface area (Å²) < 4.78 is 5.56. The van der Waals surface area contributed by atoms with Gasteiger partial charge in [0.1, 0.15) is 6.61 Å². The van der Waals surface area contributed by atoms with Gasteiger partial charge in [0.05, 0.1) is 0 Å². The van der Waals surface area contributed by atoms with E-state index in [1.54, 1.807) is 12.3 Å². The maximum absolute atomic E-state index is 5.56. The minimum Gasteiger partial charge on any atom is -0.476 e. The lowest BCUT2D eigenvalue weighted by Gasteiger charge is -2.25. The van der Waals surface area contributed by atoms with Gasteiger partial charge in [0.15, 0.2) is 0 Å². The van der Waals surface area contributed by atoms with Gasteiger partial charge in [-0.25, -0.2) is 10.8 Å². The van der Waals surface area contributed by atoms with Crippen LogP contribution in [0, 0.1) is 0 Å². The molecule has 6 nitrogen and oxygen atoms in total. The lowest BCUT2D eigenvalue weighted by molar-refractivity contribution is 0.180. The Morgan fingerprint density at radius 3 is 2.94 bits per heavy atom. The zero-order valence-corrected chi connectivity index (χ0v) is 9.93. The topological polar surface area (TPSA) is 76.3 Å². The molecule has 2 rings (SSSR count). The molecule has 1 saturated heterocycles. The van der Waals surface area contributed by atoms with Crippen molar-refractivity contribution in [1.82, 2.24) is 14.9 Å². The van der Waals surface area contributed by atoms with Crippen LogP contribution in [-0.4, -0.2) is 41.1 Å². The van der Waals surface area contributed by atoms with E-state index in [0.717, 1.165) is 6.54 Å². The van der Waals surface area contributed by atoms with E-state index in [2.05, 4.69) is 20.3 Å². The monoisotopic (exact) mass is 237 g/mol. The lowest BCUT2D eigenvalue weighted by Crippen LogP contribution is -2.33. The van der Waals surface area contributed by atoms with Crippen LogP contribution < -0.4 is 16.0 Å². The van der Waals surface area contributed by atoms with Gasteiger partial charge in [-0.3, -0.25) is 10.3 Å². The van der Waals surface area contributed by atoms with E-state index >= 15 is 0 Å². The number of rotatable bonds is 5. The van der Waals surface area contributed by atoms with Crippen LogP contribution in [0.25, 0.3) is 0 Å². The minimum atomic E-state index is 0.375. The quantitative estimate of drug-likeness (QED) is 0.578. The molecule has 0 saturated carbocycles. The van der Waals surface area contributed by atoms with E-state index in [0.29, 0.717) is 18.4 Å². The first-order chi connectivity index (χ1) is 8.38. The number of hydrogen-bond acceptors (Lipinski definition) is 6. The molecular weight excluding hydrogens is 218 g/mol. The number of nitrogens with one attached hydrogen (secondary N) is 1. The summed E-state index contributed by atoms with van der Waals surface area (Å²) in [5.41, 5.74) is 2.39. The first-order valence-electron chi connectivity index (χ1n) is 6.03. The molecule has 1 aliphatic rings. The molecule has 0 unspecified atom stereocenters. The van der Waals surface area contributed by atoms with Crippen LogP contribution >= 0.6 is 0 Å². The smallest absolute Gasteiger partial charge is 0.240 e. The highest BCUT2D eigenvalue weighted by molar-refractivity contribution is 5.25. The fourth-order valence-corrected chi connectivity index (χ4v) is 1.95. The highest BCUT2D eigenvalue weighted by Crippen LogP contribution is 2.10. The first-order valence-corrected chi connectivity index (χ1v) is 6.03. The van der Waals surface area contributed by atoms with Gasteiger partial charge in [-0.2, -0.15) is 4.98 Å². The van der Waals surface area contributed by atoms with Crippen LogP contribution in [0.5, 0.6) is 5.88 Å². The molecule has 3 N–H and O–H groups in total. The van der Waals surface area contributed by atoms with Gasteiger partial charge in [0.2, 0.25) is 11.8 Å². The third-order valence-corrected chi connectivity index (χ3v) is 2.87. The van der Waals surface area contributed by atoms with E-state index in [-0.39, 0.29) is 0 Å². The Kier molecular flexibility index (Phi) is 4.52. The van der Waals surface area contributed by atoms with Gasteiger partial charge in [-0.15, -0.1) is 0 Å². The number of ether oxygens (including phenoxy) is 1. The average Bonchev–Trinajstić information content (AvgIpc) is 2.40. The van der Waals surface area contributed by atoms with Crippen LogP contribution in [-0.2, 0) is 0 Å². The van der Waals surface area contributed by atoms with E-state index in [1.165, 1.54) is 32.4 Å². The Bertz CT molecular complexity index is 340. The van der Waals surface area contributed by atoms with Crippen molar-refractivity contribution in [2.45, 2.75) is 19.3 Å². The van der Waals surface area contributed by atoms with Crippen molar-refractivity contribution in [2.24, 2.45) is 5.84 Å². The number of anilines is 1. The molecular formula is C11H19N5O. The predicted molar refractivity (Wildman–Crippen MR) is 65.6 cm³/mol. The van der Waals surface area contributed by atoms with Crippen LogP contribution in [0.3, 0.4) is 0 Å². The molecule has 0 atom stereocenters. The summed E-state index contributed by atoms with van der Waals surface area (Å²) in [5, 5.41) is 0. The molecule has 0 spiro atoms. The second-order valence-electron chi connectivity index (χ2n) is 4.11. The SMILES string of the molecule is NNc1nccc(OCCN2CCCCC2)n1. The van der Waals surface area contributed by atoms with Gasteiger partial charge in [0.25, 0.3) is 0 Å². The summed E-state index contributed by atoms with van der Waals surface area (Å²) in [5.74, 6) is 6.16. The van der Waals surface area contributed by atoms with Gasteiger partial charge >= 0.3 is 0 Å². The molecule has 6 heteroatoms. The third-order valence-electron chi connectivity index (χ3n) is 2.87. The summed E-state index contributed by atoms with van der Waals surface area (Å²) in [4.78, 5) is 10.4. The molecule has 94 valence electrons. The fourth-order valence-electron chi connectivity index (χ4n) is 1.95. The second kappa shape index (κ2) is 6.36. The molecule has 1 fully saturated rings. The number of aromatic nitrogens is 2. The van der Waals surface area contributed by atoms with Crippen LogP contribution in [0.2, 0.25) is 0 Å². The van der Waals surface area contributed by atoms with Gasteiger partial charge in [0, 0.05) is 18.8 Å². The van der Waals surface area contributed by atoms with Crippen molar-refractivity contribution in [3.05, 3.63) is 12.3 Å². The normalized spacial score (nSPS) is 16.8. The summed E-state index contributed by atoms with van der Waals surface area (Å²) in [6.07, 6.45) is 5.58. The summed E-state index contributed by atoms with van der Waals surface area (Å²) >= 11 is 0. The molecule has 0 aliphatic carbocycles. The second-order valence-corrected chi connectivity index (χ2v) is 4.11. The number of hydrazine groups is 1. The van der Waals surface area contributed by atoms with Crippen molar-refractivity contribution in [3.8, 4) is 5.88 Å². The molecule has 1 aliphatic heterocycles. The van der Waals surface area contributed by atoms with Gasteiger partial charge in [-0.05, 0) is 25.9 Å². The average molecular weight is 237 g/mol. The number of likely N-dealkylation sites (tertiary alicyclic amines) is 1. The summed E-state index contributed by atoms with van der Waals surface area (Å²) in [6, 6.07) is 1.73. The van der Waals surface area contributed by atoms with Crippen molar-refractivity contribution in [3.63, 3.8) is 0 Å². The summed E-state index contributed by atoms with van der Waals surface area (Å²) in [6.45, 7) is 3.97. The Hall–Kier alpha value is -1.40. The fraction of sp³-hybridized carbons (Fsp3) is 0.636. The number of piperidine rings is 1. The van der Waals surface area contributed by atoms with E-state index in [9.17, 15) is 0 Å². The lowest BCUT2D eigenvalue weighted by atomic mass is 10.1. The number of hydrogen-bond donors (Lipinski definition) is 2. The highest BCUT2D eigenvalue weighted by Gasteiger charge is 2.09. The predicted octanol–water partition coefficient (Wildman–Crippen LogP) is 0.627. The van der Waals surface area contributed by atoms with E-state index in [1.807, 2.05) is 0 Å². The third kappa shape index (κ3) is 3.83. The molecule has 0 aromatic carbocycles. The minimum absolute atomic E-state index is 0.375. The summed E-state index contributed by atoms with van der Waals surface area (Å²) in [7, 11) is 0. The zero-order valence-electron chi connectivity index (χ0n) is 9.93. The van der Waals surface area contributed by atoms with E-state index in [4.69, 9.17) is 10.6 Å². The van der Waals surface area contributed by atoms with Crippen LogP contribution in [0.15, 0.2) is 12.3 Å². The van der Waals surface area contributed by atoms with Crippen molar-refractivity contribution >= 4 is 5.95 Å². The molecule has 2 heterocycles. The Balaban J connectivity index is 1.73.